The van der Waals surface area contributed by atoms with Crippen molar-refractivity contribution in [1.29, 1.82) is 0 Å². The number of hydrogen-bond donors (Lipinski definition) is 0. The first-order valence-corrected chi connectivity index (χ1v) is 12.5. The molecule has 3 aliphatic rings. The first-order valence-electron chi connectivity index (χ1n) is 12.5. The lowest BCUT2D eigenvalue weighted by molar-refractivity contribution is 0.132. The predicted octanol–water partition coefficient (Wildman–Crippen LogP) is 4.57. The van der Waals surface area contributed by atoms with Crippen molar-refractivity contribution in [3.8, 4) is 11.3 Å². The van der Waals surface area contributed by atoms with Crippen LogP contribution in [0, 0.1) is 12.8 Å². The predicted molar refractivity (Wildman–Crippen MR) is 139 cm³/mol. The summed E-state index contributed by atoms with van der Waals surface area (Å²) < 4.78 is 2.25. The molecule has 1 saturated heterocycles. The van der Waals surface area contributed by atoms with Gasteiger partial charge in [-0.05, 0) is 37.8 Å². The average molecular weight is 453 g/mol. The first-order chi connectivity index (χ1) is 16.7. The summed E-state index contributed by atoms with van der Waals surface area (Å²) >= 11 is 0. The van der Waals surface area contributed by atoms with Gasteiger partial charge in [0.15, 0.2) is 5.84 Å². The molecule has 2 aromatic heterocycles. The van der Waals surface area contributed by atoms with Crippen LogP contribution < -0.4 is 0 Å². The fraction of sp³-hybridized carbons (Fsp3) is 0.393. The Bertz CT molecular complexity index is 1270. The summed E-state index contributed by atoms with van der Waals surface area (Å²) in [6.07, 6.45) is 8.02. The maximum atomic E-state index is 5.06. The van der Waals surface area contributed by atoms with E-state index >= 15 is 0 Å². The van der Waals surface area contributed by atoms with E-state index in [0.29, 0.717) is 6.54 Å². The van der Waals surface area contributed by atoms with Crippen LogP contribution in [0.5, 0.6) is 0 Å². The van der Waals surface area contributed by atoms with Crippen LogP contribution in [0.15, 0.2) is 64.9 Å². The van der Waals surface area contributed by atoms with E-state index in [1.54, 1.807) is 0 Å². The van der Waals surface area contributed by atoms with E-state index in [1.165, 1.54) is 41.8 Å². The molecule has 0 atom stereocenters. The van der Waals surface area contributed by atoms with Gasteiger partial charge in [-0.15, -0.1) is 0 Å². The zero-order valence-electron chi connectivity index (χ0n) is 20.0. The summed E-state index contributed by atoms with van der Waals surface area (Å²) in [7, 11) is 0. The molecule has 4 heterocycles. The van der Waals surface area contributed by atoms with Crippen molar-refractivity contribution in [2.75, 3.05) is 32.7 Å². The molecular weight excluding hydrogens is 420 g/mol. The van der Waals surface area contributed by atoms with Gasteiger partial charge >= 0.3 is 0 Å². The minimum Gasteiger partial charge on any atom is -0.372 e. The zero-order chi connectivity index (χ0) is 23.1. The third kappa shape index (κ3) is 3.96. The van der Waals surface area contributed by atoms with Crippen LogP contribution in [0.3, 0.4) is 0 Å². The lowest BCUT2D eigenvalue weighted by Crippen LogP contribution is -2.46. The molecule has 0 radical (unpaired) electrons. The minimum absolute atomic E-state index is 0.662. The van der Waals surface area contributed by atoms with Gasteiger partial charge in [-0.2, -0.15) is 0 Å². The normalized spacial score (nSPS) is 19.0. The number of rotatable bonds is 6. The monoisotopic (exact) mass is 452 g/mol. The quantitative estimate of drug-likeness (QED) is 0.550. The molecule has 6 heteroatoms. The van der Waals surface area contributed by atoms with Crippen LogP contribution in [0.2, 0.25) is 0 Å². The van der Waals surface area contributed by atoms with Crippen LogP contribution in [0.25, 0.3) is 16.9 Å². The van der Waals surface area contributed by atoms with Crippen LogP contribution in [-0.2, 0) is 6.54 Å². The number of nitrogens with zero attached hydrogens (tertiary/aromatic N) is 6. The largest absolute Gasteiger partial charge is 0.372 e. The molecule has 0 spiro atoms. The molecule has 34 heavy (non-hydrogen) atoms. The Kier molecular flexibility index (Phi) is 5.53. The Morgan fingerprint density at radius 1 is 1.00 bits per heavy atom. The molecule has 1 aromatic carbocycles. The molecule has 3 aromatic rings. The summed E-state index contributed by atoms with van der Waals surface area (Å²) in [6, 6.07) is 12.9. The molecule has 1 saturated carbocycles. The Hall–Kier alpha value is -3.25. The Morgan fingerprint density at radius 2 is 1.76 bits per heavy atom. The molecule has 2 fully saturated rings. The van der Waals surface area contributed by atoms with Crippen LogP contribution >= 0.6 is 0 Å². The summed E-state index contributed by atoms with van der Waals surface area (Å²) in [5, 5.41) is 0. The van der Waals surface area contributed by atoms with Gasteiger partial charge < -0.3 is 9.30 Å². The van der Waals surface area contributed by atoms with Crippen molar-refractivity contribution in [3.63, 3.8) is 0 Å². The fourth-order valence-corrected chi connectivity index (χ4v) is 5.19. The fourth-order valence-electron chi connectivity index (χ4n) is 5.19. The number of imidazole rings is 1. The van der Waals surface area contributed by atoms with Crippen LogP contribution in [0.1, 0.15) is 36.1 Å². The highest BCUT2D eigenvalue weighted by molar-refractivity contribution is 6.06. The summed E-state index contributed by atoms with van der Waals surface area (Å²) in [6.45, 7) is 12.3. The number of pyridine rings is 1. The lowest BCUT2D eigenvalue weighted by atomic mass is 9.82. The standard InChI is InChI=1S/C28H32N6/c1-20-6-8-23(9-7-20)27-25(19-32-14-16-33(17-15-32)21(2)22-4-3-5-22)34-18-24(10-11-26(34)31-27)28-29-12-13-30-28/h6-12,18,22H,2-5,13-17,19H2,1H3. The lowest BCUT2D eigenvalue weighted by Gasteiger charge is -2.41. The van der Waals surface area contributed by atoms with E-state index in [2.05, 4.69) is 80.3 Å². The van der Waals surface area contributed by atoms with E-state index in [9.17, 15) is 0 Å². The number of benzene rings is 1. The van der Waals surface area contributed by atoms with Crippen molar-refractivity contribution < 1.29 is 0 Å². The molecule has 0 amide bonds. The second-order valence-corrected chi connectivity index (χ2v) is 9.78. The van der Waals surface area contributed by atoms with Crippen molar-refractivity contribution in [1.82, 2.24) is 19.2 Å². The molecule has 2 aliphatic heterocycles. The highest BCUT2D eigenvalue weighted by Gasteiger charge is 2.27. The van der Waals surface area contributed by atoms with Gasteiger partial charge in [0.25, 0.3) is 0 Å². The van der Waals surface area contributed by atoms with Crippen molar-refractivity contribution in [2.24, 2.45) is 15.9 Å². The topological polar surface area (TPSA) is 48.5 Å². The third-order valence-corrected chi connectivity index (χ3v) is 7.57. The molecule has 0 N–H and O–H groups in total. The van der Waals surface area contributed by atoms with Gasteiger partial charge in [-0.3, -0.25) is 9.89 Å². The smallest absolute Gasteiger partial charge is 0.156 e. The van der Waals surface area contributed by atoms with Gasteiger partial charge in [0.05, 0.1) is 17.9 Å². The Morgan fingerprint density at radius 3 is 2.44 bits per heavy atom. The first kappa shape index (κ1) is 21.3. The summed E-state index contributed by atoms with van der Waals surface area (Å²) in [5.74, 6) is 1.53. The second-order valence-electron chi connectivity index (χ2n) is 9.78. The van der Waals surface area contributed by atoms with E-state index in [-0.39, 0.29) is 0 Å². The van der Waals surface area contributed by atoms with Gasteiger partial charge in [-0.25, -0.2) is 9.98 Å². The SMILES string of the molecule is C=C(C1CCC1)N1CCN(Cc2c(-c3ccc(C)cc3)nc3ccc(C4=NCC=N4)cn23)CC1. The number of aryl methyl sites for hydroxylation is 1. The molecule has 174 valence electrons. The number of piperazine rings is 1. The van der Waals surface area contributed by atoms with E-state index in [1.807, 2.05) is 6.21 Å². The van der Waals surface area contributed by atoms with Crippen molar-refractivity contribution in [2.45, 2.75) is 32.7 Å². The zero-order valence-corrected chi connectivity index (χ0v) is 20.0. The van der Waals surface area contributed by atoms with Crippen molar-refractivity contribution in [3.05, 3.63) is 71.7 Å². The molecule has 0 unspecified atom stereocenters. The third-order valence-electron chi connectivity index (χ3n) is 7.57. The number of fused-ring (bicyclic) bond motifs is 1. The highest BCUT2D eigenvalue weighted by atomic mass is 15.3. The number of amidine groups is 1. The van der Waals surface area contributed by atoms with Gasteiger partial charge in [0.2, 0.25) is 0 Å². The average Bonchev–Trinajstić information content (AvgIpc) is 3.47. The number of aliphatic imine (C=N–C) groups is 2. The highest BCUT2D eigenvalue weighted by Crippen LogP contribution is 2.34. The van der Waals surface area contributed by atoms with Gasteiger partial charge in [0.1, 0.15) is 5.65 Å². The number of aromatic nitrogens is 2. The Labute approximate surface area is 201 Å². The molecule has 6 nitrogen and oxygen atoms in total. The molecule has 0 bridgehead atoms. The van der Waals surface area contributed by atoms with E-state index in [4.69, 9.17) is 4.98 Å². The van der Waals surface area contributed by atoms with Gasteiger partial charge in [0, 0.05) is 62.0 Å². The van der Waals surface area contributed by atoms with Gasteiger partial charge in [-0.1, -0.05) is 42.8 Å². The van der Waals surface area contributed by atoms with E-state index in [0.717, 1.165) is 61.4 Å². The number of allylic oxidation sites excluding steroid dienone is 1. The van der Waals surface area contributed by atoms with E-state index < -0.39 is 0 Å². The molecule has 6 rings (SSSR count). The number of hydrogen-bond acceptors (Lipinski definition) is 5. The minimum atomic E-state index is 0.662. The van der Waals surface area contributed by atoms with Crippen LogP contribution in [-0.4, -0.2) is 64.0 Å². The van der Waals surface area contributed by atoms with Crippen molar-refractivity contribution >= 4 is 17.7 Å². The Balaban J connectivity index is 1.30. The maximum absolute atomic E-state index is 5.06. The second kappa shape index (κ2) is 8.84. The molecule has 1 aliphatic carbocycles. The summed E-state index contributed by atoms with van der Waals surface area (Å²) in [5.41, 5.74) is 8.09. The maximum Gasteiger partial charge on any atom is 0.156 e. The molecular formula is C28H32N6. The summed E-state index contributed by atoms with van der Waals surface area (Å²) in [4.78, 5) is 19.1. The van der Waals surface area contributed by atoms with Crippen LogP contribution in [0.4, 0.5) is 0 Å².